The van der Waals surface area contributed by atoms with E-state index in [9.17, 15) is 14.7 Å². The molecule has 1 aliphatic rings. The highest BCUT2D eigenvalue weighted by Crippen LogP contribution is 2.29. The van der Waals surface area contributed by atoms with Gasteiger partial charge in [0.2, 0.25) is 0 Å². The van der Waals surface area contributed by atoms with E-state index in [0.717, 1.165) is 16.7 Å². The van der Waals surface area contributed by atoms with Gasteiger partial charge in [-0.15, -0.1) is 0 Å². The third kappa shape index (κ3) is 2.87. The van der Waals surface area contributed by atoms with E-state index in [1.54, 1.807) is 23.1 Å². The Balaban J connectivity index is 2.05. The molecule has 0 radical (unpaired) electrons. The summed E-state index contributed by atoms with van der Waals surface area (Å²) in [6.45, 7) is 2.38. The molecule has 1 atom stereocenters. The molecule has 8 heteroatoms. The lowest BCUT2D eigenvalue weighted by Gasteiger charge is -2.24. The fourth-order valence-corrected chi connectivity index (χ4v) is 3.25. The van der Waals surface area contributed by atoms with E-state index in [4.69, 9.17) is 23.2 Å². The van der Waals surface area contributed by atoms with Gasteiger partial charge in [0, 0.05) is 11.6 Å². The van der Waals surface area contributed by atoms with Crippen molar-refractivity contribution in [3.63, 3.8) is 0 Å². The second-order valence-corrected chi connectivity index (χ2v) is 6.47. The molecule has 1 N–H and O–H groups in total. The number of hydrogen-bond donors (Lipinski definition) is 1. The first kappa shape index (κ1) is 16.8. The minimum atomic E-state index is -0.932. The first-order valence-electron chi connectivity index (χ1n) is 7.44. The predicted molar refractivity (Wildman–Crippen MR) is 92.6 cm³/mol. The zero-order chi connectivity index (χ0) is 17.4. The van der Waals surface area contributed by atoms with E-state index in [2.05, 4.69) is 5.10 Å². The summed E-state index contributed by atoms with van der Waals surface area (Å²) in [5.41, 5.74) is 1.23. The molecule has 24 heavy (non-hydrogen) atoms. The van der Waals surface area contributed by atoms with Crippen molar-refractivity contribution in [1.82, 2.24) is 9.78 Å². The number of aromatic nitrogens is 2. The van der Waals surface area contributed by atoms with Crippen LogP contribution in [-0.2, 0) is 4.79 Å². The van der Waals surface area contributed by atoms with Gasteiger partial charge in [-0.2, -0.15) is 9.78 Å². The standard InChI is InChI=1S/C16H15Cl2N3O3/c1-9-4-5-10(7-11(9)17)21-15(22)14(18)13(8-19-21)20-6-2-3-12(20)16(23)24/h4-5,7-8,12H,2-3,6H2,1H3,(H,23,24). The van der Waals surface area contributed by atoms with E-state index in [-0.39, 0.29) is 5.02 Å². The van der Waals surface area contributed by atoms with Crippen LogP contribution < -0.4 is 10.5 Å². The summed E-state index contributed by atoms with van der Waals surface area (Å²) < 4.78 is 1.16. The number of carboxylic acid groups (broad SMARTS) is 1. The summed E-state index contributed by atoms with van der Waals surface area (Å²) >= 11 is 12.3. The number of halogens is 2. The van der Waals surface area contributed by atoms with Gasteiger partial charge in [0.1, 0.15) is 11.1 Å². The van der Waals surface area contributed by atoms with Gasteiger partial charge in [-0.25, -0.2) is 4.79 Å². The molecule has 0 bridgehead atoms. The molecule has 3 rings (SSSR count). The van der Waals surface area contributed by atoms with Gasteiger partial charge in [-0.3, -0.25) is 4.79 Å². The van der Waals surface area contributed by atoms with Crippen molar-refractivity contribution < 1.29 is 9.90 Å². The number of benzene rings is 1. The van der Waals surface area contributed by atoms with Gasteiger partial charge in [0.25, 0.3) is 5.56 Å². The molecular formula is C16H15Cl2N3O3. The van der Waals surface area contributed by atoms with E-state index < -0.39 is 17.6 Å². The zero-order valence-electron chi connectivity index (χ0n) is 12.9. The predicted octanol–water partition coefficient (Wildman–Crippen LogP) is 2.90. The molecule has 1 fully saturated rings. The summed E-state index contributed by atoms with van der Waals surface area (Å²) in [5, 5.41) is 13.9. The lowest BCUT2D eigenvalue weighted by Crippen LogP contribution is -2.37. The smallest absolute Gasteiger partial charge is 0.326 e. The Bertz CT molecular complexity index is 866. The molecule has 1 aliphatic heterocycles. The van der Waals surface area contributed by atoms with Crippen LogP contribution in [0, 0.1) is 6.92 Å². The van der Waals surface area contributed by atoms with Crippen LogP contribution in [0.3, 0.4) is 0 Å². The van der Waals surface area contributed by atoms with Gasteiger partial charge in [0.15, 0.2) is 0 Å². The Labute approximate surface area is 148 Å². The van der Waals surface area contributed by atoms with E-state index in [1.807, 2.05) is 6.92 Å². The maximum atomic E-state index is 12.6. The second kappa shape index (κ2) is 6.45. The Morgan fingerprint density at radius 3 is 2.79 bits per heavy atom. The largest absolute Gasteiger partial charge is 0.480 e. The third-order valence-electron chi connectivity index (χ3n) is 4.15. The van der Waals surface area contributed by atoms with E-state index >= 15 is 0 Å². The minimum absolute atomic E-state index is 0.0464. The number of nitrogens with zero attached hydrogens (tertiary/aromatic N) is 3. The maximum Gasteiger partial charge on any atom is 0.326 e. The average molecular weight is 368 g/mol. The van der Waals surface area contributed by atoms with Crippen molar-refractivity contribution in [1.29, 1.82) is 0 Å². The van der Waals surface area contributed by atoms with Crippen molar-refractivity contribution in [2.75, 3.05) is 11.4 Å². The molecule has 1 aromatic heterocycles. The van der Waals surface area contributed by atoms with Crippen molar-refractivity contribution in [3.8, 4) is 5.69 Å². The summed E-state index contributed by atoms with van der Waals surface area (Å²) in [6.07, 6.45) is 2.67. The molecule has 1 unspecified atom stereocenters. The summed E-state index contributed by atoms with van der Waals surface area (Å²) in [7, 11) is 0. The van der Waals surface area contributed by atoms with Crippen LogP contribution in [0.15, 0.2) is 29.2 Å². The molecular weight excluding hydrogens is 353 g/mol. The molecule has 6 nitrogen and oxygen atoms in total. The number of carbonyl (C=O) groups is 1. The van der Waals surface area contributed by atoms with Crippen molar-refractivity contribution in [2.24, 2.45) is 0 Å². The summed E-state index contributed by atoms with van der Waals surface area (Å²) in [4.78, 5) is 25.5. The molecule has 2 aromatic rings. The fraction of sp³-hybridized carbons (Fsp3) is 0.312. The number of aliphatic carboxylic acids is 1. The van der Waals surface area contributed by atoms with Gasteiger partial charge in [0.05, 0.1) is 17.6 Å². The number of anilines is 1. The molecule has 1 saturated heterocycles. The van der Waals surface area contributed by atoms with Crippen LogP contribution in [0.2, 0.25) is 10.0 Å². The van der Waals surface area contributed by atoms with Crippen LogP contribution >= 0.6 is 23.2 Å². The van der Waals surface area contributed by atoms with Gasteiger partial charge < -0.3 is 10.0 Å². The normalized spacial score (nSPS) is 17.3. The molecule has 0 spiro atoms. The van der Waals surface area contributed by atoms with E-state index in [1.165, 1.54) is 6.20 Å². The van der Waals surface area contributed by atoms with Crippen LogP contribution in [0.1, 0.15) is 18.4 Å². The number of carboxylic acids is 1. The molecule has 2 heterocycles. The van der Waals surface area contributed by atoms with Gasteiger partial charge >= 0.3 is 5.97 Å². The number of aryl methyl sites for hydroxylation is 1. The van der Waals surface area contributed by atoms with Crippen LogP contribution in [0.25, 0.3) is 5.69 Å². The third-order valence-corrected chi connectivity index (χ3v) is 4.91. The first-order chi connectivity index (χ1) is 11.4. The highest BCUT2D eigenvalue weighted by Gasteiger charge is 2.32. The molecule has 0 saturated carbocycles. The van der Waals surface area contributed by atoms with E-state index in [0.29, 0.717) is 29.4 Å². The molecule has 1 aromatic carbocycles. The Hall–Kier alpha value is -2.05. The fourth-order valence-electron chi connectivity index (χ4n) is 2.83. The monoisotopic (exact) mass is 367 g/mol. The summed E-state index contributed by atoms with van der Waals surface area (Å²) in [5.74, 6) is -0.932. The topological polar surface area (TPSA) is 75.4 Å². The van der Waals surface area contributed by atoms with Crippen LogP contribution in [-0.4, -0.2) is 33.4 Å². The van der Waals surface area contributed by atoms with Gasteiger partial charge in [-0.1, -0.05) is 29.3 Å². The number of hydrogen-bond acceptors (Lipinski definition) is 4. The highest BCUT2D eigenvalue weighted by molar-refractivity contribution is 6.33. The SMILES string of the molecule is Cc1ccc(-n2ncc(N3CCCC3C(=O)O)c(Cl)c2=O)cc1Cl. The Kier molecular flexibility index (Phi) is 4.51. The van der Waals surface area contributed by atoms with Crippen molar-refractivity contribution in [2.45, 2.75) is 25.8 Å². The van der Waals surface area contributed by atoms with Gasteiger partial charge in [-0.05, 0) is 37.5 Å². The average Bonchev–Trinajstić information content (AvgIpc) is 3.02. The first-order valence-corrected chi connectivity index (χ1v) is 8.19. The Morgan fingerprint density at radius 2 is 2.12 bits per heavy atom. The molecule has 0 amide bonds. The summed E-state index contributed by atoms with van der Waals surface area (Å²) in [6, 6.07) is 4.46. The lowest BCUT2D eigenvalue weighted by molar-refractivity contribution is -0.138. The highest BCUT2D eigenvalue weighted by atomic mass is 35.5. The quantitative estimate of drug-likeness (QED) is 0.902. The van der Waals surface area contributed by atoms with Crippen molar-refractivity contribution in [3.05, 3.63) is 50.4 Å². The Morgan fingerprint density at radius 1 is 1.38 bits per heavy atom. The molecule has 126 valence electrons. The second-order valence-electron chi connectivity index (χ2n) is 5.68. The molecule has 0 aliphatic carbocycles. The maximum absolute atomic E-state index is 12.6. The van der Waals surface area contributed by atoms with Crippen LogP contribution in [0.4, 0.5) is 5.69 Å². The van der Waals surface area contributed by atoms with Crippen molar-refractivity contribution >= 4 is 34.9 Å². The lowest BCUT2D eigenvalue weighted by atomic mass is 10.2. The minimum Gasteiger partial charge on any atom is -0.480 e. The van der Waals surface area contributed by atoms with Crippen LogP contribution in [0.5, 0.6) is 0 Å². The number of rotatable bonds is 3. The zero-order valence-corrected chi connectivity index (χ0v) is 14.4.